The molecule has 0 atom stereocenters. The van der Waals surface area contributed by atoms with Crippen molar-refractivity contribution in [2.75, 3.05) is 5.32 Å². The van der Waals surface area contributed by atoms with Crippen LogP contribution in [0.4, 0.5) is 15.9 Å². The van der Waals surface area contributed by atoms with Crippen LogP contribution in [0.15, 0.2) is 18.2 Å². The Hall–Kier alpha value is -2.99. The summed E-state index contributed by atoms with van der Waals surface area (Å²) in [6, 6.07) is 7.82. The Morgan fingerprint density at radius 2 is 1.90 bits per heavy atom. The van der Waals surface area contributed by atoms with E-state index in [1.807, 2.05) is 0 Å². The summed E-state index contributed by atoms with van der Waals surface area (Å²) in [5.41, 5.74) is 2.17. The molecule has 0 unspecified atom stereocenters. The average molecular weight is 267 g/mol. The summed E-state index contributed by atoms with van der Waals surface area (Å²) in [4.78, 5) is 0. The van der Waals surface area contributed by atoms with Gasteiger partial charge in [0.1, 0.15) is 23.5 Å². The number of nitrogens with one attached hydrogen (secondary N) is 1. The number of rotatable bonds is 2. The first kappa shape index (κ1) is 13.4. The molecule has 0 aliphatic carbocycles. The Morgan fingerprint density at radius 1 is 1.15 bits per heavy atom. The summed E-state index contributed by atoms with van der Waals surface area (Å²) in [6.07, 6.45) is 0. The molecule has 1 aromatic heterocycles. The molecular formula is C14H10FN5. The molecule has 0 spiro atoms. The van der Waals surface area contributed by atoms with E-state index in [2.05, 4.69) is 21.6 Å². The highest BCUT2D eigenvalue weighted by atomic mass is 19.1. The molecule has 0 aliphatic rings. The van der Waals surface area contributed by atoms with Crippen molar-refractivity contribution in [2.24, 2.45) is 0 Å². The summed E-state index contributed by atoms with van der Waals surface area (Å²) in [6.45, 7) is 3.54. The molecule has 2 rings (SSSR count). The van der Waals surface area contributed by atoms with Crippen molar-refractivity contribution >= 4 is 11.5 Å². The predicted octanol–water partition coefficient (Wildman–Crippen LogP) is 2.72. The van der Waals surface area contributed by atoms with Crippen LogP contribution in [0.5, 0.6) is 0 Å². The van der Waals surface area contributed by atoms with Gasteiger partial charge in [-0.25, -0.2) is 4.39 Å². The van der Waals surface area contributed by atoms with Crippen LogP contribution in [-0.4, -0.2) is 10.2 Å². The first-order chi connectivity index (χ1) is 9.56. The fourth-order valence-corrected chi connectivity index (χ4v) is 1.66. The molecule has 0 radical (unpaired) electrons. The maximum Gasteiger partial charge on any atom is 0.171 e. The molecule has 1 aromatic carbocycles. The zero-order valence-electron chi connectivity index (χ0n) is 10.9. The Balaban J connectivity index is 2.44. The summed E-state index contributed by atoms with van der Waals surface area (Å²) >= 11 is 0. The maximum absolute atomic E-state index is 13.2. The van der Waals surface area contributed by atoms with Crippen molar-refractivity contribution in [1.29, 1.82) is 10.5 Å². The highest BCUT2D eigenvalue weighted by Crippen LogP contribution is 2.22. The molecule has 5 nitrogen and oxygen atoms in total. The first-order valence-electron chi connectivity index (χ1n) is 5.77. The van der Waals surface area contributed by atoms with Crippen molar-refractivity contribution in [3.63, 3.8) is 0 Å². The predicted molar refractivity (Wildman–Crippen MR) is 70.6 cm³/mol. The van der Waals surface area contributed by atoms with Crippen LogP contribution >= 0.6 is 0 Å². The largest absolute Gasteiger partial charge is 0.338 e. The van der Waals surface area contributed by atoms with Gasteiger partial charge in [-0.15, -0.1) is 5.10 Å². The number of nitrogens with zero attached hydrogens (tertiary/aromatic N) is 4. The smallest absolute Gasteiger partial charge is 0.171 e. The molecule has 0 saturated heterocycles. The molecule has 0 amide bonds. The molecule has 6 heteroatoms. The molecular weight excluding hydrogens is 257 g/mol. The Kier molecular flexibility index (Phi) is 3.58. The molecule has 0 fully saturated rings. The van der Waals surface area contributed by atoms with Crippen LogP contribution < -0.4 is 5.32 Å². The summed E-state index contributed by atoms with van der Waals surface area (Å²) in [7, 11) is 0. The monoisotopic (exact) mass is 267 g/mol. The van der Waals surface area contributed by atoms with E-state index in [4.69, 9.17) is 5.26 Å². The van der Waals surface area contributed by atoms with Crippen LogP contribution in [0.1, 0.15) is 22.4 Å². The van der Waals surface area contributed by atoms with Gasteiger partial charge in [-0.2, -0.15) is 15.6 Å². The maximum atomic E-state index is 13.2. The number of aromatic nitrogens is 2. The van der Waals surface area contributed by atoms with E-state index in [0.29, 0.717) is 16.9 Å². The number of halogens is 1. The van der Waals surface area contributed by atoms with Crippen LogP contribution in [0.2, 0.25) is 0 Å². The van der Waals surface area contributed by atoms with Crippen LogP contribution in [0, 0.1) is 42.3 Å². The Morgan fingerprint density at radius 3 is 2.55 bits per heavy atom. The van der Waals surface area contributed by atoms with E-state index in [1.54, 1.807) is 19.9 Å². The third kappa shape index (κ3) is 2.40. The third-order valence-electron chi connectivity index (χ3n) is 2.92. The van der Waals surface area contributed by atoms with Crippen molar-refractivity contribution < 1.29 is 4.39 Å². The zero-order chi connectivity index (χ0) is 14.7. The van der Waals surface area contributed by atoms with E-state index >= 15 is 0 Å². The van der Waals surface area contributed by atoms with Crippen molar-refractivity contribution in [1.82, 2.24) is 10.2 Å². The van der Waals surface area contributed by atoms with Gasteiger partial charge in [-0.05, 0) is 37.6 Å². The minimum atomic E-state index is -0.593. The van der Waals surface area contributed by atoms with Gasteiger partial charge in [0.15, 0.2) is 5.82 Å². The highest BCUT2D eigenvalue weighted by Gasteiger charge is 2.11. The number of anilines is 2. The topological polar surface area (TPSA) is 85.4 Å². The van der Waals surface area contributed by atoms with E-state index in [9.17, 15) is 9.65 Å². The van der Waals surface area contributed by atoms with Crippen molar-refractivity contribution in [3.05, 3.63) is 46.4 Å². The second-order valence-electron chi connectivity index (χ2n) is 4.18. The quantitative estimate of drug-likeness (QED) is 0.904. The Labute approximate surface area is 115 Å². The first-order valence-corrected chi connectivity index (χ1v) is 5.77. The molecule has 0 saturated carbocycles. The van der Waals surface area contributed by atoms with Gasteiger partial charge in [-0.3, -0.25) is 0 Å². The Bertz CT molecular complexity index is 755. The molecule has 0 aliphatic heterocycles. The molecule has 2 aromatic rings. The zero-order valence-corrected chi connectivity index (χ0v) is 10.9. The molecule has 98 valence electrons. The fraction of sp³-hybridized carbons (Fsp3) is 0.143. The number of nitriles is 2. The average Bonchev–Trinajstić information content (AvgIpc) is 2.45. The van der Waals surface area contributed by atoms with Gasteiger partial charge in [-0.1, -0.05) is 0 Å². The lowest BCUT2D eigenvalue weighted by Crippen LogP contribution is -2.04. The normalized spacial score (nSPS) is 9.65. The van der Waals surface area contributed by atoms with Crippen molar-refractivity contribution in [2.45, 2.75) is 13.8 Å². The van der Waals surface area contributed by atoms with Gasteiger partial charge in [0.2, 0.25) is 0 Å². The second kappa shape index (κ2) is 5.33. The molecule has 20 heavy (non-hydrogen) atoms. The van der Waals surface area contributed by atoms with E-state index in [-0.39, 0.29) is 11.4 Å². The van der Waals surface area contributed by atoms with Crippen LogP contribution in [-0.2, 0) is 0 Å². The van der Waals surface area contributed by atoms with E-state index < -0.39 is 5.82 Å². The van der Waals surface area contributed by atoms with E-state index in [1.165, 1.54) is 18.2 Å². The third-order valence-corrected chi connectivity index (χ3v) is 2.92. The molecule has 1 N–H and O–H groups in total. The fourth-order valence-electron chi connectivity index (χ4n) is 1.66. The molecule has 0 bridgehead atoms. The van der Waals surface area contributed by atoms with Gasteiger partial charge < -0.3 is 5.32 Å². The lowest BCUT2D eigenvalue weighted by atomic mass is 10.1. The lowest BCUT2D eigenvalue weighted by Gasteiger charge is -2.09. The minimum Gasteiger partial charge on any atom is -0.338 e. The van der Waals surface area contributed by atoms with Gasteiger partial charge in [0.05, 0.1) is 11.3 Å². The summed E-state index contributed by atoms with van der Waals surface area (Å²) < 4.78 is 13.2. The second-order valence-corrected chi connectivity index (χ2v) is 4.18. The highest BCUT2D eigenvalue weighted by molar-refractivity contribution is 5.65. The standard InChI is InChI=1S/C14H10FN5/c1-8-9(2)19-20-14(12(8)7-17)18-11-3-4-13(15)10(5-11)6-16/h3-5H,1-2H3,(H,18,20). The van der Waals surface area contributed by atoms with Gasteiger partial charge in [0.25, 0.3) is 0 Å². The number of hydrogen-bond donors (Lipinski definition) is 1. The van der Waals surface area contributed by atoms with Crippen LogP contribution in [0.3, 0.4) is 0 Å². The van der Waals surface area contributed by atoms with Crippen LogP contribution in [0.25, 0.3) is 0 Å². The summed E-state index contributed by atoms with van der Waals surface area (Å²) in [5.74, 6) is -0.309. The van der Waals surface area contributed by atoms with Gasteiger partial charge in [0, 0.05) is 5.69 Å². The van der Waals surface area contributed by atoms with E-state index in [0.717, 1.165) is 5.56 Å². The molecule has 1 heterocycles. The number of hydrogen-bond acceptors (Lipinski definition) is 5. The lowest BCUT2D eigenvalue weighted by molar-refractivity contribution is 0.624. The number of aryl methyl sites for hydroxylation is 1. The SMILES string of the molecule is Cc1nnc(Nc2ccc(F)c(C#N)c2)c(C#N)c1C. The number of benzene rings is 1. The van der Waals surface area contributed by atoms with Gasteiger partial charge >= 0.3 is 0 Å². The van der Waals surface area contributed by atoms with Crippen molar-refractivity contribution in [3.8, 4) is 12.1 Å². The minimum absolute atomic E-state index is 0.0784. The summed E-state index contributed by atoms with van der Waals surface area (Å²) in [5, 5.41) is 28.7.